The number of pyridine rings is 1. The van der Waals surface area contributed by atoms with Gasteiger partial charge in [-0.3, -0.25) is 9.78 Å². The van der Waals surface area contributed by atoms with Crippen LogP contribution in [0.25, 0.3) is 11.0 Å². The second kappa shape index (κ2) is 6.04. The Kier molecular flexibility index (Phi) is 4.20. The van der Waals surface area contributed by atoms with Gasteiger partial charge in [0.25, 0.3) is 5.91 Å². The first-order valence-corrected chi connectivity index (χ1v) is 7.65. The van der Waals surface area contributed by atoms with Gasteiger partial charge in [0, 0.05) is 19.3 Å². The number of aliphatic hydroxyl groups is 1. The summed E-state index contributed by atoms with van der Waals surface area (Å²) < 4.78 is 38.4. The van der Waals surface area contributed by atoms with Crippen molar-refractivity contribution in [2.75, 3.05) is 13.1 Å². The zero-order valence-corrected chi connectivity index (χ0v) is 13.0. The highest BCUT2D eigenvalue weighted by Crippen LogP contribution is 2.30. The fourth-order valence-corrected chi connectivity index (χ4v) is 2.98. The number of carbonyl (C=O) groups is 1. The molecule has 1 atom stereocenters. The molecule has 2 N–H and O–H groups in total. The average molecular weight is 342 g/mol. The normalized spacial score (nSPS) is 18.1. The standard InChI is InChI=1S/C15H17F3N4O2/c1-8(23)9-2-4-22(5-3-9)13(24)10-6-19-7-11-12(10)21-14(20-11)15(16,17)18/h6-9,23H,2-5H2,1H3,(H,20,21)/t8-/m0/s1. The third-order valence-corrected chi connectivity index (χ3v) is 4.40. The van der Waals surface area contributed by atoms with Crippen LogP contribution in [0.4, 0.5) is 13.2 Å². The number of halogens is 3. The molecule has 2 aromatic heterocycles. The van der Waals surface area contributed by atoms with E-state index >= 15 is 0 Å². The monoisotopic (exact) mass is 342 g/mol. The minimum Gasteiger partial charge on any atom is -0.393 e. The van der Waals surface area contributed by atoms with Gasteiger partial charge in [-0.05, 0) is 25.7 Å². The highest BCUT2D eigenvalue weighted by molar-refractivity contribution is 6.04. The summed E-state index contributed by atoms with van der Waals surface area (Å²) in [7, 11) is 0. The van der Waals surface area contributed by atoms with Crippen LogP contribution in [-0.4, -0.2) is 50.1 Å². The smallest absolute Gasteiger partial charge is 0.393 e. The quantitative estimate of drug-likeness (QED) is 0.877. The van der Waals surface area contributed by atoms with Crippen molar-refractivity contribution in [2.45, 2.75) is 32.0 Å². The van der Waals surface area contributed by atoms with Gasteiger partial charge in [0.15, 0.2) is 0 Å². The lowest BCUT2D eigenvalue weighted by Crippen LogP contribution is -2.40. The van der Waals surface area contributed by atoms with Gasteiger partial charge >= 0.3 is 6.18 Å². The number of likely N-dealkylation sites (tertiary alicyclic amines) is 1. The molecule has 1 aliphatic heterocycles. The van der Waals surface area contributed by atoms with Crippen LogP contribution in [0, 0.1) is 5.92 Å². The van der Waals surface area contributed by atoms with Crippen LogP contribution >= 0.6 is 0 Å². The summed E-state index contributed by atoms with van der Waals surface area (Å²) in [4.78, 5) is 23.7. The molecule has 3 heterocycles. The molecule has 6 nitrogen and oxygen atoms in total. The van der Waals surface area contributed by atoms with Gasteiger partial charge < -0.3 is 15.0 Å². The first-order valence-electron chi connectivity index (χ1n) is 7.65. The predicted octanol–water partition coefficient (Wildman–Crippen LogP) is 2.21. The van der Waals surface area contributed by atoms with E-state index in [1.54, 1.807) is 11.8 Å². The minimum atomic E-state index is -4.62. The van der Waals surface area contributed by atoms with E-state index in [1.807, 2.05) is 0 Å². The van der Waals surface area contributed by atoms with Crippen molar-refractivity contribution < 1.29 is 23.1 Å². The van der Waals surface area contributed by atoms with Gasteiger partial charge in [-0.25, -0.2) is 4.98 Å². The Hall–Kier alpha value is -2.16. The van der Waals surface area contributed by atoms with Gasteiger partial charge in [0.05, 0.1) is 23.4 Å². The number of piperidine rings is 1. The van der Waals surface area contributed by atoms with Gasteiger partial charge in [-0.2, -0.15) is 13.2 Å². The number of hydrogen-bond acceptors (Lipinski definition) is 4. The Balaban J connectivity index is 1.87. The third-order valence-electron chi connectivity index (χ3n) is 4.40. The summed E-state index contributed by atoms with van der Waals surface area (Å²) in [6, 6.07) is 0. The van der Waals surface area contributed by atoms with E-state index in [0.29, 0.717) is 25.9 Å². The summed E-state index contributed by atoms with van der Waals surface area (Å²) in [5.41, 5.74) is 0.0989. The van der Waals surface area contributed by atoms with Crippen molar-refractivity contribution >= 4 is 16.9 Å². The zero-order valence-electron chi connectivity index (χ0n) is 13.0. The number of imidazole rings is 1. The number of aromatic nitrogens is 3. The number of nitrogens with one attached hydrogen (secondary N) is 1. The van der Waals surface area contributed by atoms with E-state index in [-0.39, 0.29) is 22.5 Å². The molecule has 1 saturated heterocycles. The van der Waals surface area contributed by atoms with Crippen LogP contribution in [0.3, 0.4) is 0 Å². The average Bonchev–Trinajstić information content (AvgIpc) is 2.98. The van der Waals surface area contributed by atoms with Crippen LogP contribution in [-0.2, 0) is 6.18 Å². The van der Waals surface area contributed by atoms with E-state index in [4.69, 9.17) is 0 Å². The molecule has 1 amide bonds. The van der Waals surface area contributed by atoms with E-state index in [2.05, 4.69) is 15.0 Å². The van der Waals surface area contributed by atoms with Gasteiger partial charge in [0.1, 0.15) is 5.52 Å². The number of carbonyl (C=O) groups excluding carboxylic acids is 1. The molecular formula is C15H17F3N4O2. The molecule has 1 fully saturated rings. The van der Waals surface area contributed by atoms with Crippen LogP contribution in [0.1, 0.15) is 35.9 Å². The van der Waals surface area contributed by atoms with Crippen LogP contribution in [0.5, 0.6) is 0 Å². The van der Waals surface area contributed by atoms with E-state index in [1.165, 1.54) is 12.4 Å². The topological polar surface area (TPSA) is 82.1 Å². The molecule has 0 spiro atoms. The Morgan fingerprint density at radius 3 is 2.62 bits per heavy atom. The molecule has 0 bridgehead atoms. The summed E-state index contributed by atoms with van der Waals surface area (Å²) in [5.74, 6) is -1.41. The minimum absolute atomic E-state index is 0.0278. The lowest BCUT2D eigenvalue weighted by Gasteiger charge is -2.33. The number of alkyl halides is 3. The van der Waals surface area contributed by atoms with Crippen molar-refractivity contribution in [1.29, 1.82) is 0 Å². The molecule has 0 aromatic carbocycles. The molecular weight excluding hydrogens is 325 g/mol. The summed E-state index contributed by atoms with van der Waals surface area (Å²) >= 11 is 0. The summed E-state index contributed by atoms with van der Waals surface area (Å²) in [6.45, 7) is 2.61. The Morgan fingerprint density at radius 1 is 1.38 bits per heavy atom. The number of rotatable bonds is 2. The molecule has 2 aromatic rings. The Bertz CT molecular complexity index is 749. The van der Waals surface area contributed by atoms with Gasteiger partial charge in [-0.1, -0.05) is 0 Å². The van der Waals surface area contributed by atoms with Crippen LogP contribution in [0.2, 0.25) is 0 Å². The van der Waals surface area contributed by atoms with E-state index in [0.717, 1.165) is 0 Å². The number of hydrogen-bond donors (Lipinski definition) is 2. The van der Waals surface area contributed by atoms with Gasteiger partial charge in [0.2, 0.25) is 5.82 Å². The van der Waals surface area contributed by atoms with Crippen LogP contribution in [0.15, 0.2) is 12.4 Å². The largest absolute Gasteiger partial charge is 0.449 e. The van der Waals surface area contributed by atoms with Crippen molar-refractivity contribution in [3.63, 3.8) is 0 Å². The van der Waals surface area contributed by atoms with Crippen molar-refractivity contribution in [1.82, 2.24) is 19.9 Å². The van der Waals surface area contributed by atoms with Crippen LogP contribution < -0.4 is 0 Å². The predicted molar refractivity (Wildman–Crippen MR) is 79.2 cm³/mol. The lowest BCUT2D eigenvalue weighted by atomic mass is 9.92. The number of amides is 1. The second-order valence-electron chi connectivity index (χ2n) is 6.04. The maximum Gasteiger partial charge on any atom is 0.449 e. The molecule has 130 valence electrons. The zero-order chi connectivity index (χ0) is 17.5. The third kappa shape index (κ3) is 3.08. The number of nitrogens with zero attached hydrogens (tertiary/aromatic N) is 3. The molecule has 9 heteroatoms. The number of aliphatic hydroxyl groups excluding tert-OH is 1. The molecule has 1 aliphatic rings. The van der Waals surface area contributed by atoms with Crippen molar-refractivity contribution in [3.8, 4) is 0 Å². The fourth-order valence-electron chi connectivity index (χ4n) is 2.98. The fraction of sp³-hybridized carbons (Fsp3) is 0.533. The van der Waals surface area contributed by atoms with Crippen molar-refractivity contribution in [2.24, 2.45) is 5.92 Å². The molecule has 0 unspecified atom stereocenters. The molecule has 0 radical (unpaired) electrons. The van der Waals surface area contributed by atoms with Crippen molar-refractivity contribution in [3.05, 3.63) is 23.8 Å². The first-order chi connectivity index (χ1) is 11.3. The molecule has 0 saturated carbocycles. The SMILES string of the molecule is C[C@H](O)C1CCN(C(=O)c2cncc3[nH]c(C(F)(F)F)nc23)CC1. The highest BCUT2D eigenvalue weighted by atomic mass is 19.4. The second-order valence-corrected chi connectivity index (χ2v) is 6.04. The number of fused-ring (bicyclic) bond motifs is 1. The number of aromatic amines is 1. The molecule has 3 rings (SSSR count). The molecule has 0 aliphatic carbocycles. The number of H-pyrrole nitrogens is 1. The summed E-state index contributed by atoms with van der Waals surface area (Å²) in [6.07, 6.45) is -1.29. The van der Waals surface area contributed by atoms with E-state index in [9.17, 15) is 23.1 Å². The molecule has 24 heavy (non-hydrogen) atoms. The Morgan fingerprint density at radius 2 is 2.04 bits per heavy atom. The first kappa shape index (κ1) is 16.7. The maximum absolute atomic E-state index is 12.8. The summed E-state index contributed by atoms with van der Waals surface area (Å²) in [5, 5.41) is 9.61. The Labute approximate surface area is 135 Å². The highest BCUT2D eigenvalue weighted by Gasteiger charge is 2.36. The lowest BCUT2D eigenvalue weighted by molar-refractivity contribution is -0.144. The van der Waals surface area contributed by atoms with E-state index < -0.39 is 24.0 Å². The van der Waals surface area contributed by atoms with Gasteiger partial charge in [-0.15, -0.1) is 0 Å². The maximum atomic E-state index is 12.8.